The molecule has 1 atom stereocenters. The molecule has 2 aromatic rings. The average Bonchev–Trinajstić information content (AvgIpc) is 2.83. The maximum absolute atomic E-state index is 12.4. The molecule has 1 unspecified atom stereocenters. The Balaban J connectivity index is 2.25. The summed E-state index contributed by atoms with van der Waals surface area (Å²) in [6, 6.07) is 5.77. The average molecular weight is 229 g/mol. The van der Waals surface area contributed by atoms with Gasteiger partial charge in [-0.3, -0.25) is 14.7 Å². The Morgan fingerprint density at radius 1 is 1.47 bits per heavy atom. The number of fused-ring (bicyclic) bond motifs is 1. The van der Waals surface area contributed by atoms with Crippen LogP contribution in [0.25, 0.3) is 10.9 Å². The second-order valence-corrected chi connectivity index (χ2v) is 4.54. The fraction of sp³-hybridized carbons (Fsp3) is 0.385. The molecule has 2 heterocycles. The normalized spacial score (nSPS) is 19.9. The summed E-state index contributed by atoms with van der Waals surface area (Å²) in [5, 5.41) is 4.06. The lowest BCUT2D eigenvalue weighted by molar-refractivity contribution is 0.453. The number of rotatable bonds is 1. The highest BCUT2D eigenvalue weighted by atomic mass is 16.1. The first-order valence-electron chi connectivity index (χ1n) is 5.97. The lowest BCUT2D eigenvalue weighted by Crippen LogP contribution is -2.30. The zero-order chi connectivity index (χ0) is 11.8. The molecule has 3 rings (SSSR count). The van der Waals surface area contributed by atoms with Crippen molar-refractivity contribution in [1.82, 2.24) is 14.9 Å². The minimum Gasteiger partial charge on any atom is -0.297 e. The molecule has 1 fully saturated rings. The molecule has 1 N–H and O–H groups in total. The molecule has 4 nitrogen and oxygen atoms in total. The number of hydrogen-bond donors (Lipinski definition) is 1. The molecule has 0 saturated carbocycles. The first kappa shape index (κ1) is 10.5. The number of hydrogen-bond acceptors (Lipinski definition) is 3. The fourth-order valence-corrected chi connectivity index (χ4v) is 2.47. The first-order valence-corrected chi connectivity index (χ1v) is 5.97. The molecule has 0 aliphatic carbocycles. The summed E-state index contributed by atoms with van der Waals surface area (Å²) in [5.74, 6) is 0. The quantitative estimate of drug-likeness (QED) is 0.807. The molecule has 0 amide bonds. The standard InChI is InChI=1S/C13H15N3O/c1-9-4-2-5-10-12(9)13(17)16(8-15-10)11-6-3-7-14-11/h2,4-5,8,11,14H,3,6-7H2,1H3. The second-order valence-electron chi connectivity index (χ2n) is 4.54. The van der Waals surface area contributed by atoms with E-state index >= 15 is 0 Å². The molecule has 17 heavy (non-hydrogen) atoms. The van der Waals surface area contributed by atoms with Crippen molar-refractivity contribution in [2.24, 2.45) is 0 Å². The molecule has 1 aliphatic heterocycles. The summed E-state index contributed by atoms with van der Waals surface area (Å²) in [7, 11) is 0. The third-order valence-electron chi connectivity index (χ3n) is 3.39. The number of nitrogens with zero attached hydrogens (tertiary/aromatic N) is 2. The van der Waals surface area contributed by atoms with E-state index in [4.69, 9.17) is 0 Å². The van der Waals surface area contributed by atoms with Crippen LogP contribution in [0, 0.1) is 6.92 Å². The number of aromatic nitrogens is 2. The van der Waals surface area contributed by atoms with Crippen LogP contribution < -0.4 is 10.9 Å². The van der Waals surface area contributed by atoms with Crippen molar-refractivity contribution in [3.63, 3.8) is 0 Å². The maximum Gasteiger partial charge on any atom is 0.262 e. The first-order chi connectivity index (χ1) is 8.27. The Morgan fingerprint density at radius 2 is 2.35 bits per heavy atom. The van der Waals surface area contributed by atoms with Gasteiger partial charge in [-0.1, -0.05) is 12.1 Å². The van der Waals surface area contributed by atoms with E-state index in [0.29, 0.717) is 0 Å². The smallest absolute Gasteiger partial charge is 0.262 e. The molecular formula is C13H15N3O. The van der Waals surface area contributed by atoms with Gasteiger partial charge in [-0.2, -0.15) is 0 Å². The third kappa shape index (κ3) is 1.65. The van der Waals surface area contributed by atoms with Crippen LogP contribution in [0.4, 0.5) is 0 Å². The van der Waals surface area contributed by atoms with E-state index < -0.39 is 0 Å². The summed E-state index contributed by atoms with van der Waals surface area (Å²) in [4.78, 5) is 16.8. The van der Waals surface area contributed by atoms with Crippen LogP contribution in [0.5, 0.6) is 0 Å². The number of nitrogens with one attached hydrogen (secondary N) is 1. The van der Waals surface area contributed by atoms with Gasteiger partial charge in [-0.05, 0) is 37.9 Å². The van der Waals surface area contributed by atoms with E-state index in [0.717, 1.165) is 35.9 Å². The van der Waals surface area contributed by atoms with Crippen LogP contribution in [0.15, 0.2) is 29.3 Å². The van der Waals surface area contributed by atoms with E-state index in [2.05, 4.69) is 10.3 Å². The van der Waals surface area contributed by atoms with E-state index in [1.54, 1.807) is 10.9 Å². The van der Waals surface area contributed by atoms with Crippen molar-refractivity contribution >= 4 is 10.9 Å². The molecule has 1 saturated heterocycles. The van der Waals surface area contributed by atoms with Crippen molar-refractivity contribution in [2.45, 2.75) is 25.9 Å². The predicted octanol–water partition coefficient (Wildman–Crippen LogP) is 1.59. The van der Waals surface area contributed by atoms with Gasteiger partial charge in [0.05, 0.1) is 23.4 Å². The molecule has 0 spiro atoms. The Morgan fingerprint density at radius 3 is 3.12 bits per heavy atom. The SMILES string of the molecule is Cc1cccc2ncn(C3CCCN3)c(=O)c12. The Hall–Kier alpha value is -1.68. The van der Waals surface area contributed by atoms with Crippen molar-refractivity contribution in [3.05, 3.63) is 40.4 Å². The molecule has 1 aromatic heterocycles. The van der Waals surface area contributed by atoms with Crippen molar-refractivity contribution in [2.75, 3.05) is 6.54 Å². The monoisotopic (exact) mass is 229 g/mol. The van der Waals surface area contributed by atoms with Crippen molar-refractivity contribution < 1.29 is 0 Å². The van der Waals surface area contributed by atoms with Crippen LogP contribution in [-0.2, 0) is 0 Å². The van der Waals surface area contributed by atoms with Crippen molar-refractivity contribution in [1.29, 1.82) is 0 Å². The molecular weight excluding hydrogens is 214 g/mol. The molecule has 0 bridgehead atoms. The summed E-state index contributed by atoms with van der Waals surface area (Å²) < 4.78 is 1.72. The molecule has 1 aromatic carbocycles. The van der Waals surface area contributed by atoms with Crippen LogP contribution >= 0.6 is 0 Å². The van der Waals surface area contributed by atoms with Gasteiger partial charge >= 0.3 is 0 Å². The molecule has 1 aliphatic rings. The minimum absolute atomic E-state index is 0.0625. The maximum atomic E-state index is 12.4. The Bertz CT molecular complexity index is 612. The third-order valence-corrected chi connectivity index (χ3v) is 3.39. The fourth-order valence-electron chi connectivity index (χ4n) is 2.47. The summed E-state index contributed by atoms with van der Waals surface area (Å²) in [5.41, 5.74) is 1.84. The predicted molar refractivity (Wildman–Crippen MR) is 67.0 cm³/mol. The largest absolute Gasteiger partial charge is 0.297 e. The van der Waals surface area contributed by atoms with Gasteiger partial charge in [-0.25, -0.2) is 4.98 Å². The topological polar surface area (TPSA) is 46.9 Å². The van der Waals surface area contributed by atoms with Gasteiger partial charge in [0.1, 0.15) is 0 Å². The van der Waals surface area contributed by atoms with Gasteiger partial charge in [0.2, 0.25) is 0 Å². The van der Waals surface area contributed by atoms with E-state index in [1.165, 1.54) is 0 Å². The lowest BCUT2D eigenvalue weighted by atomic mass is 10.1. The number of benzene rings is 1. The second kappa shape index (κ2) is 3.96. The van der Waals surface area contributed by atoms with Crippen molar-refractivity contribution in [3.8, 4) is 0 Å². The molecule has 4 heteroatoms. The van der Waals surface area contributed by atoms with Gasteiger partial charge in [0.15, 0.2) is 0 Å². The van der Waals surface area contributed by atoms with E-state index in [-0.39, 0.29) is 11.7 Å². The van der Waals surface area contributed by atoms with Crippen LogP contribution in [0.2, 0.25) is 0 Å². The molecule has 88 valence electrons. The van der Waals surface area contributed by atoms with E-state index in [1.807, 2.05) is 25.1 Å². The Labute approximate surface area is 99.3 Å². The highest BCUT2D eigenvalue weighted by Crippen LogP contribution is 2.16. The minimum atomic E-state index is 0.0625. The highest BCUT2D eigenvalue weighted by Gasteiger charge is 2.18. The number of aryl methyl sites for hydroxylation is 1. The molecule has 0 radical (unpaired) electrons. The summed E-state index contributed by atoms with van der Waals surface area (Å²) in [6.45, 7) is 2.93. The van der Waals surface area contributed by atoms with Crippen LogP contribution in [-0.4, -0.2) is 16.1 Å². The van der Waals surface area contributed by atoms with Gasteiger partial charge in [0, 0.05) is 0 Å². The van der Waals surface area contributed by atoms with Crippen LogP contribution in [0.3, 0.4) is 0 Å². The van der Waals surface area contributed by atoms with Crippen LogP contribution in [0.1, 0.15) is 24.6 Å². The van der Waals surface area contributed by atoms with Gasteiger partial charge in [-0.15, -0.1) is 0 Å². The van der Waals surface area contributed by atoms with E-state index in [9.17, 15) is 4.79 Å². The van der Waals surface area contributed by atoms with Gasteiger partial charge < -0.3 is 0 Å². The summed E-state index contributed by atoms with van der Waals surface area (Å²) in [6.07, 6.45) is 3.88. The lowest BCUT2D eigenvalue weighted by Gasteiger charge is -2.14. The Kier molecular flexibility index (Phi) is 2.44. The summed E-state index contributed by atoms with van der Waals surface area (Å²) >= 11 is 0. The van der Waals surface area contributed by atoms with Gasteiger partial charge in [0.25, 0.3) is 5.56 Å². The highest BCUT2D eigenvalue weighted by molar-refractivity contribution is 5.80. The zero-order valence-electron chi connectivity index (χ0n) is 9.81. The zero-order valence-corrected chi connectivity index (χ0v) is 9.81.